The number of ether oxygens (including phenoxy) is 2. The molecule has 3 aromatic rings. The maximum absolute atomic E-state index is 14.2. The summed E-state index contributed by atoms with van der Waals surface area (Å²) in [6.45, 7) is 1.15. The zero-order valence-electron chi connectivity index (χ0n) is 18.7. The Morgan fingerprint density at radius 3 is 2.20 bits per heavy atom. The lowest BCUT2D eigenvalue weighted by molar-refractivity contribution is -0.274. The molecule has 3 rings (SSSR count). The summed E-state index contributed by atoms with van der Waals surface area (Å²) in [4.78, 5) is 23.2. The second-order valence-electron chi connectivity index (χ2n) is 7.75. The number of carbonyl (C=O) groups is 1. The van der Waals surface area contributed by atoms with Gasteiger partial charge >= 0.3 is 12.1 Å². The summed E-state index contributed by atoms with van der Waals surface area (Å²) >= 11 is 12.7. The van der Waals surface area contributed by atoms with E-state index in [0.29, 0.717) is 0 Å². The first kappa shape index (κ1) is 26.6. The standard InChI is InChI=1S/C24H20Cl2F3NO5/c1-13(23(33,24(27,28)29)15-6-11-19(31)30(2)12-15)17-9-10-18(21(26)20(17)25)35-16-7-4-14(5-8-16)22(32)34-3/h4-13,33H,1-3H3. The molecule has 186 valence electrons. The van der Waals surface area contributed by atoms with Crippen LogP contribution in [0.25, 0.3) is 0 Å². The van der Waals surface area contributed by atoms with Crippen LogP contribution in [-0.2, 0) is 17.4 Å². The molecule has 0 spiro atoms. The number of alkyl halides is 3. The molecule has 0 aliphatic carbocycles. The summed E-state index contributed by atoms with van der Waals surface area (Å²) in [5.74, 6) is -1.81. The zero-order chi connectivity index (χ0) is 26.1. The molecule has 1 aromatic heterocycles. The quantitative estimate of drug-likeness (QED) is 0.407. The van der Waals surface area contributed by atoms with Gasteiger partial charge in [-0.2, -0.15) is 13.2 Å². The third kappa shape index (κ3) is 5.03. The summed E-state index contributed by atoms with van der Waals surface area (Å²) in [6.07, 6.45) is -4.19. The van der Waals surface area contributed by atoms with Crippen molar-refractivity contribution in [3.63, 3.8) is 0 Å². The number of carbonyl (C=O) groups excluding carboxylic acids is 1. The third-order valence-electron chi connectivity index (χ3n) is 5.63. The van der Waals surface area contributed by atoms with Crippen molar-refractivity contribution in [2.45, 2.75) is 24.6 Å². The van der Waals surface area contributed by atoms with E-state index in [2.05, 4.69) is 4.74 Å². The van der Waals surface area contributed by atoms with E-state index in [4.69, 9.17) is 27.9 Å². The maximum atomic E-state index is 14.2. The minimum absolute atomic E-state index is 0.0519. The van der Waals surface area contributed by atoms with Gasteiger partial charge < -0.3 is 19.1 Å². The van der Waals surface area contributed by atoms with Crippen LogP contribution in [0.5, 0.6) is 11.5 Å². The van der Waals surface area contributed by atoms with E-state index in [1.54, 1.807) is 0 Å². The molecule has 0 fully saturated rings. The lowest BCUT2D eigenvalue weighted by Crippen LogP contribution is -2.47. The van der Waals surface area contributed by atoms with Crippen LogP contribution in [0.4, 0.5) is 13.2 Å². The molecule has 0 amide bonds. The Hall–Kier alpha value is -3.01. The second-order valence-corrected chi connectivity index (χ2v) is 8.51. The van der Waals surface area contributed by atoms with Crippen LogP contribution in [0.3, 0.4) is 0 Å². The molecule has 6 nitrogen and oxygen atoms in total. The van der Waals surface area contributed by atoms with Gasteiger partial charge in [-0.3, -0.25) is 4.79 Å². The first-order valence-corrected chi connectivity index (χ1v) is 10.9. The van der Waals surface area contributed by atoms with E-state index < -0.39 is 34.8 Å². The van der Waals surface area contributed by atoms with E-state index >= 15 is 0 Å². The fraction of sp³-hybridized carbons (Fsp3) is 0.250. The predicted octanol–water partition coefficient (Wildman–Crippen LogP) is 5.82. The van der Waals surface area contributed by atoms with Crippen LogP contribution in [0.1, 0.15) is 34.3 Å². The molecule has 0 saturated carbocycles. The summed E-state index contributed by atoms with van der Waals surface area (Å²) in [6, 6.07) is 10.4. The van der Waals surface area contributed by atoms with Gasteiger partial charge in [-0.05, 0) is 42.0 Å². The maximum Gasteiger partial charge on any atom is 0.422 e. The number of benzene rings is 2. The molecular weight excluding hydrogens is 510 g/mol. The average Bonchev–Trinajstić information content (AvgIpc) is 2.82. The van der Waals surface area contributed by atoms with Gasteiger partial charge in [0.1, 0.15) is 16.5 Å². The van der Waals surface area contributed by atoms with Crippen LogP contribution in [0.2, 0.25) is 10.0 Å². The Morgan fingerprint density at radius 2 is 1.66 bits per heavy atom. The van der Waals surface area contributed by atoms with Crippen molar-refractivity contribution >= 4 is 29.2 Å². The molecule has 2 unspecified atom stereocenters. The first-order chi connectivity index (χ1) is 16.3. The highest BCUT2D eigenvalue weighted by atomic mass is 35.5. The average molecular weight is 530 g/mol. The first-order valence-electron chi connectivity index (χ1n) is 10.1. The van der Waals surface area contributed by atoms with Crippen molar-refractivity contribution in [2.24, 2.45) is 7.05 Å². The molecule has 0 saturated heterocycles. The third-order valence-corrected chi connectivity index (χ3v) is 6.51. The highest BCUT2D eigenvalue weighted by Gasteiger charge is 2.59. The van der Waals surface area contributed by atoms with Gasteiger partial charge in [-0.15, -0.1) is 0 Å². The Labute approximate surface area is 208 Å². The molecule has 1 N–H and O–H groups in total. The predicted molar refractivity (Wildman–Crippen MR) is 124 cm³/mol. The van der Waals surface area contributed by atoms with E-state index in [-0.39, 0.29) is 32.7 Å². The van der Waals surface area contributed by atoms with E-state index in [0.717, 1.165) is 29.8 Å². The van der Waals surface area contributed by atoms with Crippen LogP contribution in [0.15, 0.2) is 59.5 Å². The molecule has 0 bridgehead atoms. The second kappa shape index (κ2) is 9.93. The summed E-state index contributed by atoms with van der Waals surface area (Å²) in [5.41, 5.74) is -4.24. The zero-order valence-corrected chi connectivity index (χ0v) is 20.2. The fourth-order valence-corrected chi connectivity index (χ4v) is 4.10. The van der Waals surface area contributed by atoms with Gasteiger partial charge in [0.05, 0.1) is 17.7 Å². The molecule has 1 heterocycles. The SMILES string of the molecule is COC(=O)c1ccc(Oc2ccc(C(C)C(O)(c3ccc(=O)n(C)c3)C(F)(F)F)c(Cl)c2Cl)cc1. The van der Waals surface area contributed by atoms with Crippen molar-refractivity contribution in [1.29, 1.82) is 0 Å². The molecule has 35 heavy (non-hydrogen) atoms. The number of esters is 1. The number of aromatic nitrogens is 1. The Kier molecular flexibility index (Phi) is 7.54. The highest BCUT2D eigenvalue weighted by molar-refractivity contribution is 6.43. The van der Waals surface area contributed by atoms with Gasteiger partial charge in [0.25, 0.3) is 0 Å². The van der Waals surface area contributed by atoms with Gasteiger partial charge in [0.2, 0.25) is 5.56 Å². The van der Waals surface area contributed by atoms with Crippen LogP contribution in [-0.4, -0.2) is 28.9 Å². The van der Waals surface area contributed by atoms with Gasteiger partial charge in [-0.25, -0.2) is 4.79 Å². The van der Waals surface area contributed by atoms with Crippen molar-refractivity contribution < 1.29 is 32.5 Å². The molecule has 2 aromatic carbocycles. The number of hydrogen-bond donors (Lipinski definition) is 1. The number of hydrogen-bond acceptors (Lipinski definition) is 5. The largest absolute Gasteiger partial charge is 0.465 e. The topological polar surface area (TPSA) is 77.8 Å². The lowest BCUT2D eigenvalue weighted by Gasteiger charge is -2.37. The number of nitrogens with zero attached hydrogens (tertiary/aromatic N) is 1. The molecule has 0 aliphatic heterocycles. The van der Waals surface area contributed by atoms with Gasteiger partial charge in [0, 0.05) is 30.8 Å². The number of pyridine rings is 1. The van der Waals surface area contributed by atoms with E-state index in [9.17, 15) is 27.9 Å². The van der Waals surface area contributed by atoms with E-state index in [1.807, 2.05) is 0 Å². The molecule has 2 atom stereocenters. The molecular formula is C24H20Cl2F3NO5. The monoisotopic (exact) mass is 529 g/mol. The molecule has 0 radical (unpaired) electrons. The minimum Gasteiger partial charge on any atom is -0.465 e. The van der Waals surface area contributed by atoms with Crippen LogP contribution >= 0.6 is 23.2 Å². The summed E-state index contributed by atoms with van der Waals surface area (Å²) in [7, 11) is 2.52. The molecule has 11 heteroatoms. The number of aliphatic hydroxyl groups is 1. The highest BCUT2D eigenvalue weighted by Crippen LogP contribution is 2.51. The molecule has 0 aliphatic rings. The number of methoxy groups -OCH3 is 1. The lowest BCUT2D eigenvalue weighted by atomic mass is 9.78. The van der Waals surface area contributed by atoms with Gasteiger partial charge in [0.15, 0.2) is 5.60 Å². The van der Waals surface area contributed by atoms with Crippen molar-refractivity contribution in [3.8, 4) is 11.5 Å². The number of rotatable bonds is 6. The van der Waals surface area contributed by atoms with Crippen molar-refractivity contribution in [1.82, 2.24) is 4.57 Å². The number of halogens is 5. The van der Waals surface area contributed by atoms with Crippen LogP contribution in [0, 0.1) is 0 Å². The Bertz CT molecular complexity index is 1310. The van der Waals surface area contributed by atoms with Crippen molar-refractivity contribution in [2.75, 3.05) is 7.11 Å². The van der Waals surface area contributed by atoms with Gasteiger partial charge in [-0.1, -0.05) is 36.2 Å². The van der Waals surface area contributed by atoms with E-state index in [1.165, 1.54) is 50.6 Å². The number of aryl methyl sites for hydroxylation is 1. The smallest absolute Gasteiger partial charge is 0.422 e. The minimum atomic E-state index is -5.11. The fourth-order valence-electron chi connectivity index (χ4n) is 3.57. The Balaban J connectivity index is 1.99. The summed E-state index contributed by atoms with van der Waals surface area (Å²) < 4.78 is 53.8. The summed E-state index contributed by atoms with van der Waals surface area (Å²) in [5, 5.41) is 10.5. The van der Waals surface area contributed by atoms with Crippen LogP contribution < -0.4 is 10.3 Å². The van der Waals surface area contributed by atoms with Crippen molar-refractivity contribution in [3.05, 3.63) is 91.8 Å². The normalized spacial score (nSPS) is 14.2. The Morgan fingerprint density at radius 1 is 1.03 bits per heavy atom.